The summed E-state index contributed by atoms with van der Waals surface area (Å²) in [5.74, 6) is -1.24. The van der Waals surface area contributed by atoms with E-state index in [1.165, 1.54) is 16.8 Å². The number of hydrogen-bond acceptors (Lipinski definition) is 4. The summed E-state index contributed by atoms with van der Waals surface area (Å²) in [6, 6.07) is 9.68. The molecule has 2 aliphatic heterocycles. The number of benzene rings is 2. The summed E-state index contributed by atoms with van der Waals surface area (Å²) in [6.45, 7) is 2.04. The van der Waals surface area contributed by atoms with Gasteiger partial charge in [0.05, 0.1) is 28.7 Å². The van der Waals surface area contributed by atoms with E-state index in [1.807, 2.05) is 18.2 Å². The van der Waals surface area contributed by atoms with Gasteiger partial charge in [-0.2, -0.15) is 5.10 Å². The molecule has 1 spiro atoms. The Kier molecular flexibility index (Phi) is 4.95. The van der Waals surface area contributed by atoms with Gasteiger partial charge in [-0.3, -0.25) is 4.79 Å². The lowest BCUT2D eigenvalue weighted by Gasteiger charge is -2.36. The van der Waals surface area contributed by atoms with Crippen molar-refractivity contribution in [1.29, 1.82) is 0 Å². The second-order valence-electron chi connectivity index (χ2n) is 9.78. The number of carbonyl (C=O) groups is 1. The van der Waals surface area contributed by atoms with E-state index in [4.69, 9.17) is 0 Å². The summed E-state index contributed by atoms with van der Waals surface area (Å²) in [5.41, 5.74) is 3.99. The average Bonchev–Trinajstić information content (AvgIpc) is 3.37. The highest BCUT2D eigenvalue weighted by atomic mass is 19.1. The van der Waals surface area contributed by atoms with E-state index in [9.17, 15) is 13.6 Å². The Morgan fingerprint density at radius 2 is 1.91 bits per heavy atom. The minimum atomic E-state index is -0.678. The van der Waals surface area contributed by atoms with Crippen LogP contribution in [-0.2, 0) is 10.2 Å². The number of nitrogens with one attached hydrogen (secondary N) is 2. The number of piperidine rings is 1. The number of amides is 1. The number of fused-ring (bicyclic) bond motifs is 2. The molecule has 34 heavy (non-hydrogen) atoms. The van der Waals surface area contributed by atoms with Crippen LogP contribution in [0.3, 0.4) is 0 Å². The molecule has 8 heteroatoms. The van der Waals surface area contributed by atoms with Crippen LogP contribution in [0.1, 0.15) is 37.7 Å². The molecule has 0 unspecified atom stereocenters. The summed E-state index contributed by atoms with van der Waals surface area (Å²) in [5, 5.41) is 11.2. The molecule has 3 aliphatic rings. The van der Waals surface area contributed by atoms with Gasteiger partial charge in [0.25, 0.3) is 0 Å². The number of nitrogens with zero attached hydrogens (tertiary/aromatic N) is 3. The normalized spacial score (nSPS) is 19.7. The number of aromatic nitrogens is 2. The smallest absolute Gasteiger partial charge is 0.235 e. The van der Waals surface area contributed by atoms with Gasteiger partial charge in [-0.1, -0.05) is 6.42 Å². The lowest BCUT2D eigenvalue weighted by atomic mass is 9.65. The molecule has 2 fully saturated rings. The quantitative estimate of drug-likeness (QED) is 0.589. The molecule has 6 rings (SSSR count). The molecule has 1 aromatic heterocycles. The zero-order chi connectivity index (χ0) is 23.4. The minimum Gasteiger partial charge on any atom is -0.381 e. The van der Waals surface area contributed by atoms with Crippen LogP contribution in [0.2, 0.25) is 0 Å². The number of carbonyl (C=O) groups excluding carboxylic acids is 1. The van der Waals surface area contributed by atoms with Gasteiger partial charge in [0.1, 0.15) is 11.5 Å². The molecule has 176 valence electrons. The fraction of sp³-hybridized carbons (Fsp3) is 0.385. The summed E-state index contributed by atoms with van der Waals surface area (Å²) in [7, 11) is 2.13. The van der Waals surface area contributed by atoms with Crippen LogP contribution in [0.25, 0.3) is 16.9 Å². The molecular weight excluding hydrogens is 436 g/mol. The SMILES string of the molecule is CN1CCC(Nc2cc(-c3ccnn3-c3ccc(F)cc3F)cc3c2NC(=O)C32CCC2)CC1. The molecular formula is C26H27F2N5O. The van der Waals surface area contributed by atoms with E-state index in [2.05, 4.69) is 27.7 Å². The van der Waals surface area contributed by atoms with Crippen molar-refractivity contribution in [2.75, 3.05) is 30.8 Å². The lowest BCUT2D eigenvalue weighted by molar-refractivity contribution is -0.123. The number of halogens is 2. The molecule has 6 nitrogen and oxygen atoms in total. The minimum absolute atomic E-state index is 0.0652. The highest BCUT2D eigenvalue weighted by Crippen LogP contribution is 2.54. The fourth-order valence-corrected chi connectivity index (χ4v) is 5.54. The number of rotatable bonds is 4. The topological polar surface area (TPSA) is 62.2 Å². The van der Waals surface area contributed by atoms with Crippen molar-refractivity contribution in [2.24, 2.45) is 0 Å². The van der Waals surface area contributed by atoms with Crippen LogP contribution in [0, 0.1) is 11.6 Å². The molecule has 0 atom stereocenters. The van der Waals surface area contributed by atoms with Crippen LogP contribution in [0.5, 0.6) is 0 Å². The van der Waals surface area contributed by atoms with Crippen LogP contribution < -0.4 is 10.6 Å². The van der Waals surface area contributed by atoms with Crippen molar-refractivity contribution >= 4 is 17.3 Å². The maximum absolute atomic E-state index is 14.6. The van der Waals surface area contributed by atoms with Gasteiger partial charge in [-0.05, 0) is 81.7 Å². The third kappa shape index (κ3) is 3.31. The summed E-state index contributed by atoms with van der Waals surface area (Å²) >= 11 is 0. The first-order valence-electron chi connectivity index (χ1n) is 11.9. The van der Waals surface area contributed by atoms with E-state index in [-0.39, 0.29) is 11.6 Å². The Labute approximate surface area is 197 Å². The maximum Gasteiger partial charge on any atom is 0.235 e. The molecule has 1 amide bonds. The Hall–Kier alpha value is -3.26. The van der Waals surface area contributed by atoms with Crippen LogP contribution in [-0.4, -0.2) is 46.8 Å². The third-order valence-electron chi connectivity index (χ3n) is 7.69. The van der Waals surface area contributed by atoms with Crippen LogP contribution >= 0.6 is 0 Å². The van der Waals surface area contributed by atoms with Crippen molar-refractivity contribution in [1.82, 2.24) is 14.7 Å². The Morgan fingerprint density at radius 3 is 2.62 bits per heavy atom. The summed E-state index contributed by atoms with van der Waals surface area (Å²) < 4.78 is 29.6. The molecule has 1 saturated carbocycles. The molecule has 1 saturated heterocycles. The van der Waals surface area contributed by atoms with E-state index in [0.29, 0.717) is 11.7 Å². The van der Waals surface area contributed by atoms with E-state index >= 15 is 0 Å². The van der Waals surface area contributed by atoms with Gasteiger partial charge in [0.2, 0.25) is 5.91 Å². The van der Waals surface area contributed by atoms with Gasteiger partial charge in [-0.25, -0.2) is 13.5 Å². The first-order valence-corrected chi connectivity index (χ1v) is 11.9. The number of anilines is 2. The van der Waals surface area contributed by atoms with E-state index in [0.717, 1.165) is 73.8 Å². The van der Waals surface area contributed by atoms with Crippen molar-refractivity contribution in [3.05, 3.63) is 59.8 Å². The summed E-state index contributed by atoms with van der Waals surface area (Å²) in [6.07, 6.45) is 6.33. The Morgan fingerprint density at radius 1 is 1.12 bits per heavy atom. The van der Waals surface area contributed by atoms with Crippen molar-refractivity contribution in [3.8, 4) is 16.9 Å². The van der Waals surface area contributed by atoms with Crippen molar-refractivity contribution < 1.29 is 13.6 Å². The second-order valence-corrected chi connectivity index (χ2v) is 9.78. The fourth-order valence-electron chi connectivity index (χ4n) is 5.54. The monoisotopic (exact) mass is 463 g/mol. The Balaban J connectivity index is 1.46. The zero-order valence-electron chi connectivity index (χ0n) is 19.1. The van der Waals surface area contributed by atoms with Gasteiger partial charge in [0, 0.05) is 17.7 Å². The third-order valence-corrected chi connectivity index (χ3v) is 7.69. The molecule has 1 aliphatic carbocycles. The molecule has 2 aromatic carbocycles. The number of hydrogen-bond donors (Lipinski definition) is 2. The van der Waals surface area contributed by atoms with Gasteiger partial charge in [-0.15, -0.1) is 0 Å². The van der Waals surface area contributed by atoms with E-state index < -0.39 is 17.0 Å². The molecule has 0 bridgehead atoms. The van der Waals surface area contributed by atoms with Gasteiger partial charge < -0.3 is 15.5 Å². The average molecular weight is 464 g/mol. The Bertz CT molecular complexity index is 1270. The molecule has 0 radical (unpaired) electrons. The zero-order valence-corrected chi connectivity index (χ0v) is 19.1. The second kappa shape index (κ2) is 7.91. The maximum atomic E-state index is 14.6. The predicted molar refractivity (Wildman–Crippen MR) is 127 cm³/mol. The van der Waals surface area contributed by atoms with Gasteiger partial charge >= 0.3 is 0 Å². The first kappa shape index (κ1) is 21.3. The molecule has 3 heterocycles. The van der Waals surface area contributed by atoms with Crippen molar-refractivity contribution in [2.45, 2.75) is 43.6 Å². The molecule has 3 aromatic rings. The molecule has 2 N–H and O–H groups in total. The highest BCUT2D eigenvalue weighted by molar-refractivity contribution is 6.10. The first-order chi connectivity index (χ1) is 16.4. The van der Waals surface area contributed by atoms with Crippen LogP contribution in [0.4, 0.5) is 20.2 Å². The largest absolute Gasteiger partial charge is 0.381 e. The van der Waals surface area contributed by atoms with Crippen LogP contribution in [0.15, 0.2) is 42.6 Å². The standard InChI is InChI=1S/C26H27F2N5O/c1-32-11-6-18(7-12-32)30-21-14-16(13-19-24(21)31-25(34)26(19)8-2-9-26)22-5-10-29-33(22)23-4-3-17(27)15-20(23)28/h3-5,10,13-15,18,30H,2,6-9,11-12H2,1H3,(H,31,34). The van der Waals surface area contributed by atoms with Crippen molar-refractivity contribution in [3.63, 3.8) is 0 Å². The van der Waals surface area contributed by atoms with E-state index in [1.54, 1.807) is 6.20 Å². The predicted octanol–water partition coefficient (Wildman–Crippen LogP) is 4.70. The highest BCUT2D eigenvalue weighted by Gasteiger charge is 2.52. The summed E-state index contributed by atoms with van der Waals surface area (Å²) in [4.78, 5) is 15.4. The number of likely N-dealkylation sites (tertiary alicyclic amines) is 1. The van der Waals surface area contributed by atoms with Gasteiger partial charge in [0.15, 0.2) is 5.82 Å². The lowest BCUT2D eigenvalue weighted by Crippen LogP contribution is -2.40.